The molecule has 31 heavy (non-hydrogen) atoms. The molecular formula is C23H28N4O4. The first-order chi connectivity index (χ1) is 15.2. The summed E-state index contributed by atoms with van der Waals surface area (Å²) in [6.45, 7) is 3.81. The van der Waals surface area contributed by atoms with Crippen LogP contribution >= 0.6 is 0 Å². The highest BCUT2D eigenvalue weighted by molar-refractivity contribution is 5.79. The maximum atomic E-state index is 13.1. The molecule has 1 amide bonds. The molecule has 8 nitrogen and oxygen atoms in total. The third-order valence-corrected chi connectivity index (χ3v) is 6.70. The molecule has 2 aromatic rings. The molecule has 4 heterocycles. The van der Waals surface area contributed by atoms with Gasteiger partial charge < -0.3 is 24.4 Å². The molecule has 3 aliphatic rings. The van der Waals surface area contributed by atoms with Gasteiger partial charge in [-0.25, -0.2) is 4.98 Å². The van der Waals surface area contributed by atoms with Crippen molar-refractivity contribution in [2.45, 2.75) is 31.1 Å². The summed E-state index contributed by atoms with van der Waals surface area (Å²) in [5.74, 6) is 2.45. The van der Waals surface area contributed by atoms with E-state index in [4.69, 9.17) is 14.2 Å². The van der Waals surface area contributed by atoms with Crippen LogP contribution in [0.25, 0.3) is 0 Å². The maximum Gasteiger partial charge on any atom is 0.231 e. The molecule has 0 bridgehead atoms. The van der Waals surface area contributed by atoms with Gasteiger partial charge in [0.1, 0.15) is 5.82 Å². The summed E-state index contributed by atoms with van der Waals surface area (Å²) in [6, 6.07) is 6.13. The second-order valence-electron chi connectivity index (χ2n) is 8.53. The van der Waals surface area contributed by atoms with Crippen LogP contribution in [0.2, 0.25) is 0 Å². The number of rotatable bonds is 5. The number of ether oxygens (including phenoxy) is 3. The summed E-state index contributed by atoms with van der Waals surface area (Å²) < 4.78 is 16.7. The van der Waals surface area contributed by atoms with Crippen molar-refractivity contribution in [3.05, 3.63) is 42.4 Å². The predicted molar refractivity (Wildman–Crippen MR) is 114 cm³/mol. The summed E-state index contributed by atoms with van der Waals surface area (Å²) in [6.07, 6.45) is 8.71. The Bertz CT molecular complexity index is 917. The number of carbonyl (C=O) groups is 1. The summed E-state index contributed by atoms with van der Waals surface area (Å²) in [4.78, 5) is 23.8. The number of nitrogens with zero attached hydrogens (tertiary/aromatic N) is 3. The molecule has 2 fully saturated rings. The van der Waals surface area contributed by atoms with Crippen molar-refractivity contribution < 1.29 is 19.0 Å². The predicted octanol–water partition coefficient (Wildman–Crippen LogP) is 2.29. The second kappa shape index (κ2) is 8.70. The first-order valence-corrected chi connectivity index (χ1v) is 11.0. The van der Waals surface area contributed by atoms with Gasteiger partial charge in [-0.2, -0.15) is 0 Å². The minimum absolute atomic E-state index is 0.0515. The molecule has 1 aromatic heterocycles. The molecule has 3 aliphatic heterocycles. The Morgan fingerprint density at radius 3 is 2.90 bits per heavy atom. The van der Waals surface area contributed by atoms with Gasteiger partial charge in [0.05, 0.1) is 12.1 Å². The monoisotopic (exact) mass is 424 g/mol. The lowest BCUT2D eigenvalue weighted by molar-refractivity contribution is -0.125. The number of carbonyl (C=O) groups excluding carboxylic acids is 1. The molecule has 2 saturated heterocycles. The molecule has 1 unspecified atom stereocenters. The normalized spacial score (nSPS) is 22.2. The van der Waals surface area contributed by atoms with Gasteiger partial charge in [0.2, 0.25) is 12.7 Å². The summed E-state index contributed by atoms with van der Waals surface area (Å²) in [7, 11) is 0. The minimum atomic E-state index is -0.159. The zero-order chi connectivity index (χ0) is 21.1. The van der Waals surface area contributed by atoms with Crippen LogP contribution in [0.4, 0.5) is 5.82 Å². The molecule has 1 aromatic carbocycles. The Morgan fingerprint density at radius 2 is 2.06 bits per heavy atom. The number of piperidine rings is 1. The highest BCUT2D eigenvalue weighted by atomic mass is 16.7. The van der Waals surface area contributed by atoms with E-state index in [0.29, 0.717) is 26.3 Å². The second-order valence-corrected chi connectivity index (χ2v) is 8.53. The Labute approximate surface area is 181 Å². The van der Waals surface area contributed by atoms with Crippen LogP contribution in [0.5, 0.6) is 11.5 Å². The summed E-state index contributed by atoms with van der Waals surface area (Å²) >= 11 is 0. The molecule has 5 rings (SSSR count). The average Bonchev–Trinajstić information content (AvgIpc) is 3.32. The highest BCUT2D eigenvalue weighted by Gasteiger charge is 2.37. The largest absolute Gasteiger partial charge is 0.454 e. The molecule has 0 saturated carbocycles. The summed E-state index contributed by atoms with van der Waals surface area (Å²) in [5, 5.41) is 3.27. The van der Waals surface area contributed by atoms with Crippen LogP contribution in [-0.2, 0) is 14.9 Å². The topological polar surface area (TPSA) is 85.8 Å². The number of hydrogen-bond acceptors (Lipinski definition) is 7. The standard InChI is InChI=1S/C23H28N4O4/c28-22(17-2-1-9-27(14-17)21-13-24-7-8-25-21)26-15-23(5-10-29-11-6-23)18-3-4-19-20(12-18)31-16-30-19/h3-4,7-8,12-13,17H,1-2,5-6,9-11,14-16H2,(H,26,28). The third-order valence-electron chi connectivity index (χ3n) is 6.70. The molecule has 1 atom stereocenters. The van der Waals surface area contributed by atoms with Crippen LogP contribution in [0.15, 0.2) is 36.8 Å². The number of amides is 1. The number of aromatic nitrogens is 2. The van der Waals surface area contributed by atoms with Gasteiger partial charge in [-0.3, -0.25) is 9.78 Å². The lowest BCUT2D eigenvalue weighted by Gasteiger charge is -2.39. The van der Waals surface area contributed by atoms with Crippen molar-refractivity contribution in [1.29, 1.82) is 0 Å². The van der Waals surface area contributed by atoms with Crippen molar-refractivity contribution in [3.8, 4) is 11.5 Å². The fourth-order valence-electron chi connectivity index (χ4n) is 4.81. The fourth-order valence-corrected chi connectivity index (χ4v) is 4.81. The van der Waals surface area contributed by atoms with Gasteiger partial charge in [0.15, 0.2) is 11.5 Å². The molecule has 164 valence electrons. The van der Waals surface area contributed by atoms with E-state index >= 15 is 0 Å². The smallest absolute Gasteiger partial charge is 0.231 e. The van der Waals surface area contributed by atoms with E-state index in [0.717, 1.165) is 49.5 Å². The van der Waals surface area contributed by atoms with Crippen LogP contribution < -0.4 is 19.7 Å². The van der Waals surface area contributed by atoms with E-state index in [1.807, 2.05) is 6.07 Å². The van der Waals surface area contributed by atoms with Gasteiger partial charge in [-0.05, 0) is 43.4 Å². The Kier molecular flexibility index (Phi) is 5.63. The van der Waals surface area contributed by atoms with E-state index in [9.17, 15) is 4.79 Å². The SMILES string of the molecule is O=C(NCC1(c2ccc3c(c2)OCO3)CCOCC1)C1CCCN(c2cnccn2)C1. The van der Waals surface area contributed by atoms with E-state index in [2.05, 4.69) is 32.3 Å². The van der Waals surface area contributed by atoms with Crippen LogP contribution in [0.3, 0.4) is 0 Å². The van der Waals surface area contributed by atoms with Crippen molar-refractivity contribution >= 4 is 11.7 Å². The molecule has 0 radical (unpaired) electrons. The van der Waals surface area contributed by atoms with Gasteiger partial charge >= 0.3 is 0 Å². The van der Waals surface area contributed by atoms with Gasteiger partial charge in [-0.1, -0.05) is 6.07 Å². The molecule has 0 aliphatic carbocycles. The van der Waals surface area contributed by atoms with Gasteiger partial charge in [0.25, 0.3) is 0 Å². The number of anilines is 1. The fraction of sp³-hybridized carbons (Fsp3) is 0.522. The van der Waals surface area contributed by atoms with Gasteiger partial charge in [0, 0.05) is 50.7 Å². The van der Waals surface area contributed by atoms with Crippen molar-refractivity contribution in [2.75, 3.05) is 44.5 Å². The quantitative estimate of drug-likeness (QED) is 0.788. The van der Waals surface area contributed by atoms with E-state index in [1.54, 1.807) is 18.6 Å². The van der Waals surface area contributed by atoms with E-state index in [-0.39, 0.29) is 24.0 Å². The number of benzene rings is 1. The van der Waals surface area contributed by atoms with Crippen LogP contribution in [0.1, 0.15) is 31.2 Å². The zero-order valence-corrected chi connectivity index (χ0v) is 17.6. The third kappa shape index (κ3) is 4.17. The maximum absolute atomic E-state index is 13.1. The van der Waals surface area contributed by atoms with Crippen LogP contribution in [0, 0.1) is 5.92 Å². The molecule has 1 N–H and O–H groups in total. The minimum Gasteiger partial charge on any atom is -0.454 e. The lowest BCUT2D eigenvalue weighted by Crippen LogP contribution is -2.49. The first kappa shape index (κ1) is 20.1. The zero-order valence-electron chi connectivity index (χ0n) is 17.6. The molecular weight excluding hydrogens is 396 g/mol. The van der Waals surface area contributed by atoms with Crippen molar-refractivity contribution in [1.82, 2.24) is 15.3 Å². The number of nitrogens with one attached hydrogen (secondary N) is 1. The lowest BCUT2D eigenvalue weighted by atomic mass is 9.74. The Hall–Kier alpha value is -2.87. The highest BCUT2D eigenvalue weighted by Crippen LogP contribution is 2.40. The average molecular weight is 425 g/mol. The van der Waals surface area contributed by atoms with Crippen LogP contribution in [-0.4, -0.2) is 55.5 Å². The van der Waals surface area contributed by atoms with Gasteiger partial charge in [-0.15, -0.1) is 0 Å². The first-order valence-electron chi connectivity index (χ1n) is 11.0. The summed E-state index contributed by atoms with van der Waals surface area (Å²) in [5.41, 5.74) is 1.01. The number of fused-ring (bicyclic) bond motifs is 1. The van der Waals surface area contributed by atoms with Crippen molar-refractivity contribution in [3.63, 3.8) is 0 Å². The molecule has 0 spiro atoms. The van der Waals surface area contributed by atoms with E-state index < -0.39 is 0 Å². The number of hydrogen-bond donors (Lipinski definition) is 1. The van der Waals surface area contributed by atoms with E-state index in [1.165, 1.54) is 5.56 Å². The Morgan fingerprint density at radius 1 is 1.19 bits per heavy atom. The Balaban J connectivity index is 1.28. The molecule has 8 heteroatoms. The van der Waals surface area contributed by atoms with Crippen molar-refractivity contribution in [2.24, 2.45) is 5.92 Å².